The van der Waals surface area contributed by atoms with E-state index in [4.69, 9.17) is 5.73 Å². The summed E-state index contributed by atoms with van der Waals surface area (Å²) in [7, 11) is 0. The first-order valence-corrected chi connectivity index (χ1v) is 8.79. The summed E-state index contributed by atoms with van der Waals surface area (Å²) in [4.78, 5) is 0. The molecule has 0 aliphatic heterocycles. The lowest BCUT2D eigenvalue weighted by atomic mass is 9.92. The number of hydrogen-bond donors (Lipinski definition) is 2. The van der Waals surface area contributed by atoms with Crippen molar-refractivity contribution < 1.29 is 35.1 Å². The number of alkyl halides is 8. The normalized spacial score (nSPS) is 14.1. The third-order valence-corrected chi connectivity index (χ3v) is 4.07. The zero-order valence-corrected chi connectivity index (χ0v) is 14.9. The first-order chi connectivity index (χ1) is 11.9. The Morgan fingerprint density at radius 2 is 1.12 bits per heavy atom. The first kappa shape index (κ1) is 25.4. The van der Waals surface area contributed by atoms with E-state index in [1.807, 2.05) is 6.92 Å². The lowest BCUT2D eigenvalue weighted by Crippen LogP contribution is -2.62. The van der Waals surface area contributed by atoms with Gasteiger partial charge in [0.2, 0.25) is 0 Å². The highest BCUT2D eigenvalue weighted by molar-refractivity contribution is 5.03. The van der Waals surface area contributed by atoms with Crippen LogP contribution in [0.3, 0.4) is 0 Å². The van der Waals surface area contributed by atoms with Crippen molar-refractivity contribution in [3.63, 3.8) is 0 Å². The van der Waals surface area contributed by atoms with Gasteiger partial charge in [-0.2, -0.15) is 35.1 Å². The topological polar surface area (TPSA) is 38.0 Å². The minimum absolute atomic E-state index is 0.147. The van der Waals surface area contributed by atoms with Crippen LogP contribution < -0.4 is 11.1 Å². The molecule has 0 unspecified atom stereocenters. The second kappa shape index (κ2) is 10.6. The summed E-state index contributed by atoms with van der Waals surface area (Å²) in [5.41, 5.74) is 5.12. The zero-order chi connectivity index (χ0) is 20.5. The molecule has 158 valence electrons. The van der Waals surface area contributed by atoms with E-state index in [-0.39, 0.29) is 26.1 Å². The summed E-state index contributed by atoms with van der Waals surface area (Å²) in [6.45, 7) is 2.09. The fourth-order valence-electron chi connectivity index (χ4n) is 2.39. The third kappa shape index (κ3) is 6.51. The standard InChI is InChI=1S/C16H28F8N2/c1-2-3-4-5-6-8-13(17,18)15(21,22)16(23,24)14(19,20)9-7-11-26-12-10-25/h26H,2-12,25H2,1H3. The van der Waals surface area contributed by atoms with E-state index in [0.717, 1.165) is 6.42 Å². The molecule has 0 fully saturated rings. The van der Waals surface area contributed by atoms with Gasteiger partial charge < -0.3 is 11.1 Å². The van der Waals surface area contributed by atoms with E-state index >= 15 is 0 Å². The van der Waals surface area contributed by atoms with E-state index in [9.17, 15) is 35.1 Å². The van der Waals surface area contributed by atoms with E-state index in [2.05, 4.69) is 5.32 Å². The highest BCUT2D eigenvalue weighted by Gasteiger charge is 2.79. The second-order valence-electron chi connectivity index (χ2n) is 6.36. The molecule has 10 heteroatoms. The number of halogens is 8. The molecule has 0 saturated heterocycles. The molecule has 0 saturated carbocycles. The monoisotopic (exact) mass is 400 g/mol. The Bertz CT molecular complexity index is 352. The van der Waals surface area contributed by atoms with E-state index in [1.54, 1.807) is 0 Å². The molecule has 0 spiro atoms. The van der Waals surface area contributed by atoms with E-state index in [0.29, 0.717) is 12.8 Å². The lowest BCUT2D eigenvalue weighted by molar-refractivity contribution is -0.368. The highest BCUT2D eigenvalue weighted by atomic mass is 19.4. The van der Waals surface area contributed by atoms with Gasteiger partial charge in [-0.15, -0.1) is 0 Å². The molecule has 0 aromatic heterocycles. The molecule has 0 aromatic carbocycles. The van der Waals surface area contributed by atoms with Crippen molar-refractivity contribution in [1.82, 2.24) is 5.32 Å². The van der Waals surface area contributed by atoms with Gasteiger partial charge in [-0.05, 0) is 19.4 Å². The van der Waals surface area contributed by atoms with Crippen molar-refractivity contribution in [2.24, 2.45) is 5.73 Å². The van der Waals surface area contributed by atoms with Gasteiger partial charge in [0.25, 0.3) is 0 Å². The van der Waals surface area contributed by atoms with Gasteiger partial charge in [-0.1, -0.05) is 32.6 Å². The highest BCUT2D eigenvalue weighted by Crippen LogP contribution is 2.55. The quantitative estimate of drug-likeness (QED) is 0.292. The van der Waals surface area contributed by atoms with Crippen LogP contribution in [0, 0.1) is 0 Å². The van der Waals surface area contributed by atoms with Crippen LogP contribution in [-0.2, 0) is 0 Å². The van der Waals surface area contributed by atoms with Crippen LogP contribution in [0.2, 0.25) is 0 Å². The fourth-order valence-corrected chi connectivity index (χ4v) is 2.39. The smallest absolute Gasteiger partial charge is 0.329 e. The van der Waals surface area contributed by atoms with Gasteiger partial charge in [-0.25, -0.2) is 0 Å². The summed E-state index contributed by atoms with van der Waals surface area (Å²) in [5.74, 6) is -22.8. The van der Waals surface area contributed by atoms with Crippen LogP contribution in [0.25, 0.3) is 0 Å². The molecule has 0 aliphatic rings. The number of nitrogens with one attached hydrogen (secondary N) is 1. The van der Waals surface area contributed by atoms with Crippen molar-refractivity contribution in [3.8, 4) is 0 Å². The second-order valence-corrected chi connectivity index (χ2v) is 6.36. The first-order valence-electron chi connectivity index (χ1n) is 8.79. The minimum atomic E-state index is -6.15. The maximum absolute atomic E-state index is 13.7. The van der Waals surface area contributed by atoms with E-state index < -0.39 is 49.4 Å². The average Bonchev–Trinajstić information content (AvgIpc) is 2.53. The Morgan fingerprint density at radius 1 is 0.654 bits per heavy atom. The third-order valence-electron chi connectivity index (χ3n) is 4.07. The summed E-state index contributed by atoms with van der Waals surface area (Å²) in [6, 6.07) is 0. The van der Waals surface area contributed by atoms with E-state index in [1.165, 1.54) is 0 Å². The zero-order valence-electron chi connectivity index (χ0n) is 14.9. The molecule has 2 nitrogen and oxygen atoms in total. The molecule has 0 atom stereocenters. The van der Waals surface area contributed by atoms with Crippen molar-refractivity contribution in [1.29, 1.82) is 0 Å². The van der Waals surface area contributed by atoms with Crippen LogP contribution >= 0.6 is 0 Å². The summed E-state index contributed by atoms with van der Waals surface area (Å²) in [6.07, 6.45) is -2.12. The van der Waals surface area contributed by atoms with Crippen molar-refractivity contribution >= 4 is 0 Å². The molecule has 0 heterocycles. The van der Waals surface area contributed by atoms with Crippen molar-refractivity contribution in [2.75, 3.05) is 19.6 Å². The van der Waals surface area contributed by atoms with Crippen molar-refractivity contribution in [2.45, 2.75) is 82.0 Å². The molecule has 0 rings (SSSR count). The number of nitrogens with two attached hydrogens (primary N) is 1. The van der Waals surface area contributed by atoms with Crippen LogP contribution in [0.15, 0.2) is 0 Å². The Kier molecular flexibility index (Phi) is 10.4. The summed E-state index contributed by atoms with van der Waals surface area (Å²) < 4.78 is 109. The molecular formula is C16H28F8N2. The molecule has 0 bridgehead atoms. The van der Waals surface area contributed by atoms with Crippen LogP contribution in [0.1, 0.15) is 58.3 Å². The maximum atomic E-state index is 13.7. The molecule has 26 heavy (non-hydrogen) atoms. The fraction of sp³-hybridized carbons (Fsp3) is 1.00. The van der Waals surface area contributed by atoms with Gasteiger partial charge in [0, 0.05) is 25.9 Å². The van der Waals surface area contributed by atoms with Crippen LogP contribution in [-0.4, -0.2) is 43.3 Å². The molecule has 0 radical (unpaired) electrons. The Hall–Kier alpha value is -0.640. The molecule has 0 amide bonds. The largest absolute Gasteiger partial charge is 0.378 e. The Morgan fingerprint density at radius 3 is 1.58 bits per heavy atom. The Labute approximate surface area is 148 Å². The molecule has 0 aromatic rings. The van der Waals surface area contributed by atoms with Crippen LogP contribution in [0.5, 0.6) is 0 Å². The maximum Gasteiger partial charge on any atom is 0.378 e. The number of rotatable bonds is 15. The average molecular weight is 400 g/mol. The number of unbranched alkanes of at least 4 members (excludes halogenated alkanes) is 4. The van der Waals surface area contributed by atoms with Gasteiger partial charge in [0.15, 0.2) is 0 Å². The predicted octanol–water partition coefficient (Wildman–Crippen LogP) is 5.22. The Balaban J connectivity index is 4.89. The number of hydrogen-bond acceptors (Lipinski definition) is 2. The van der Waals surface area contributed by atoms with Crippen molar-refractivity contribution in [3.05, 3.63) is 0 Å². The summed E-state index contributed by atoms with van der Waals surface area (Å²) in [5, 5.41) is 2.53. The van der Waals surface area contributed by atoms with Crippen LogP contribution in [0.4, 0.5) is 35.1 Å². The van der Waals surface area contributed by atoms with Gasteiger partial charge >= 0.3 is 23.7 Å². The molecular weight excluding hydrogens is 372 g/mol. The summed E-state index contributed by atoms with van der Waals surface area (Å²) >= 11 is 0. The van der Waals surface area contributed by atoms with Gasteiger partial charge in [0.1, 0.15) is 0 Å². The SMILES string of the molecule is CCCCCCCC(F)(F)C(F)(F)C(F)(F)C(F)(F)CCCNCCN. The van der Waals surface area contributed by atoms with Gasteiger partial charge in [0.05, 0.1) is 0 Å². The van der Waals surface area contributed by atoms with Gasteiger partial charge in [-0.3, -0.25) is 0 Å². The minimum Gasteiger partial charge on any atom is -0.329 e. The predicted molar refractivity (Wildman–Crippen MR) is 84.3 cm³/mol. The molecule has 0 aliphatic carbocycles. The molecule has 3 N–H and O–H groups in total. The lowest BCUT2D eigenvalue weighted by Gasteiger charge is -2.37.